The van der Waals surface area contributed by atoms with Crippen LogP contribution in [0.15, 0.2) is 42.5 Å². The quantitative estimate of drug-likeness (QED) is 0.326. The van der Waals surface area contributed by atoms with Crippen LogP contribution < -0.4 is 25.3 Å². The van der Waals surface area contributed by atoms with E-state index in [0.29, 0.717) is 43.1 Å². The minimum atomic E-state index is -3.34. The van der Waals surface area contributed by atoms with Gasteiger partial charge in [-0.25, -0.2) is 0 Å². The summed E-state index contributed by atoms with van der Waals surface area (Å²) in [5.74, 6) is -0.835. The van der Waals surface area contributed by atoms with Crippen molar-refractivity contribution in [3.05, 3.63) is 53.6 Å². The van der Waals surface area contributed by atoms with Crippen LogP contribution >= 0.6 is 0 Å². The fraction of sp³-hybridized carbons (Fsp3) is 0.516. The highest BCUT2D eigenvalue weighted by Gasteiger charge is 2.66. The molecule has 0 saturated carbocycles. The number of aliphatic hydroxyl groups excluding tert-OH is 1. The minimum Gasteiger partial charge on any atom is -0.396 e. The van der Waals surface area contributed by atoms with Gasteiger partial charge in [-0.1, -0.05) is 19.1 Å². The first-order valence-corrected chi connectivity index (χ1v) is 18.1. The Hall–Kier alpha value is -3.16. The second-order valence-electron chi connectivity index (χ2n) is 12.5. The van der Waals surface area contributed by atoms with Crippen molar-refractivity contribution in [3.63, 3.8) is 0 Å². The molecule has 6 rings (SSSR count). The predicted molar refractivity (Wildman–Crippen MR) is 164 cm³/mol. The van der Waals surface area contributed by atoms with Gasteiger partial charge in [0, 0.05) is 61.2 Å². The summed E-state index contributed by atoms with van der Waals surface area (Å²) in [6, 6.07) is 13.2. The van der Waals surface area contributed by atoms with Crippen LogP contribution in [-0.2, 0) is 31.3 Å². The third-order valence-electron chi connectivity index (χ3n) is 9.41. The maximum atomic E-state index is 15.9. The summed E-state index contributed by atoms with van der Waals surface area (Å²) >= 11 is 0. The monoisotopic (exact) mass is 609 g/mol. The predicted octanol–water partition coefficient (Wildman–Crippen LogP) is 2.26. The zero-order chi connectivity index (χ0) is 30.5. The molecule has 12 heteroatoms. The molecule has 0 aromatic heterocycles. The molecule has 2 aromatic carbocycles. The molecule has 1 spiro atoms. The third-order valence-corrected chi connectivity index (χ3v) is 11.9. The zero-order valence-electron chi connectivity index (χ0n) is 24.9. The van der Waals surface area contributed by atoms with E-state index >= 15 is 4.11 Å². The number of halogens is 1. The van der Waals surface area contributed by atoms with Crippen molar-refractivity contribution in [1.82, 2.24) is 10.6 Å². The van der Waals surface area contributed by atoms with Crippen molar-refractivity contribution in [2.75, 3.05) is 60.6 Å². The first kappa shape index (κ1) is 29.9. The molecule has 0 radical (unpaired) electrons. The Morgan fingerprint density at radius 2 is 1.65 bits per heavy atom. The van der Waals surface area contributed by atoms with Gasteiger partial charge in [-0.2, -0.15) is 0 Å². The van der Waals surface area contributed by atoms with Crippen molar-refractivity contribution < 1.29 is 28.3 Å². The molecule has 4 aliphatic rings. The summed E-state index contributed by atoms with van der Waals surface area (Å²) in [6.45, 7) is 8.14. The second-order valence-corrected chi connectivity index (χ2v) is 16.3. The Kier molecular flexibility index (Phi) is 7.92. The van der Waals surface area contributed by atoms with Gasteiger partial charge in [-0.15, -0.1) is 0 Å². The van der Waals surface area contributed by atoms with Gasteiger partial charge in [-0.05, 0) is 55.4 Å². The lowest BCUT2D eigenvalue weighted by molar-refractivity contribution is -0.146. The van der Waals surface area contributed by atoms with Gasteiger partial charge in [0.25, 0.3) is 5.91 Å². The largest absolute Gasteiger partial charge is 0.396 e. The maximum absolute atomic E-state index is 15.9. The number of hydrogen-bond donors (Lipinski definition) is 3. The van der Waals surface area contributed by atoms with Gasteiger partial charge < -0.3 is 39.3 Å². The number of benzene rings is 2. The zero-order valence-corrected chi connectivity index (χ0v) is 25.9. The van der Waals surface area contributed by atoms with Gasteiger partial charge in [-0.3, -0.25) is 14.4 Å². The number of nitrogens with zero attached hydrogens (tertiary/aromatic N) is 3. The van der Waals surface area contributed by atoms with Crippen molar-refractivity contribution in [3.8, 4) is 0 Å². The van der Waals surface area contributed by atoms with E-state index in [1.54, 1.807) is 27.8 Å². The Balaban J connectivity index is 1.42. The van der Waals surface area contributed by atoms with E-state index in [1.807, 2.05) is 49.4 Å². The smallest absolute Gasteiger partial charge is 0.264 e. The fourth-order valence-corrected chi connectivity index (χ4v) is 10.1. The molecule has 3 saturated heterocycles. The van der Waals surface area contributed by atoms with Gasteiger partial charge in [0.1, 0.15) is 0 Å². The normalized spacial score (nSPS) is 27.9. The lowest BCUT2D eigenvalue weighted by atomic mass is 9.82. The second kappa shape index (κ2) is 11.4. The average molecular weight is 610 g/mol. The van der Waals surface area contributed by atoms with Crippen LogP contribution in [0.4, 0.5) is 21.2 Å². The van der Waals surface area contributed by atoms with Crippen LogP contribution in [0.1, 0.15) is 24.5 Å². The number of nitrogens with one attached hydrogen (secondary N) is 2. The molecule has 3 amide bonds. The number of piperazine rings is 2. The number of carbonyl (C=O) groups is 3. The minimum absolute atomic E-state index is 0.00733. The van der Waals surface area contributed by atoms with Gasteiger partial charge in [0.05, 0.1) is 31.4 Å². The summed E-state index contributed by atoms with van der Waals surface area (Å²) < 4.78 is 22.6. The van der Waals surface area contributed by atoms with Crippen LogP contribution in [0, 0.1) is 5.92 Å². The molecule has 10 nitrogen and oxygen atoms in total. The van der Waals surface area contributed by atoms with E-state index in [1.165, 1.54) is 0 Å². The van der Waals surface area contributed by atoms with Gasteiger partial charge in [0.15, 0.2) is 5.60 Å². The summed E-state index contributed by atoms with van der Waals surface area (Å²) in [4.78, 5) is 45.2. The molecule has 0 aliphatic carbocycles. The molecule has 0 bridgehead atoms. The third kappa shape index (κ3) is 5.08. The Labute approximate surface area is 252 Å². The molecule has 4 aliphatic heterocycles. The van der Waals surface area contributed by atoms with E-state index in [-0.39, 0.29) is 50.4 Å². The molecular formula is C31H40FN5O5Si. The van der Waals surface area contributed by atoms with E-state index in [4.69, 9.17) is 4.74 Å². The lowest BCUT2D eigenvalue weighted by Gasteiger charge is -2.32. The molecule has 4 atom stereocenters. The van der Waals surface area contributed by atoms with Gasteiger partial charge in [0.2, 0.25) is 20.2 Å². The molecule has 43 heavy (non-hydrogen) atoms. The fourth-order valence-electron chi connectivity index (χ4n) is 7.52. The highest BCUT2D eigenvalue weighted by Crippen LogP contribution is 2.60. The van der Waals surface area contributed by atoms with E-state index in [2.05, 4.69) is 10.6 Å². The van der Waals surface area contributed by atoms with Crippen LogP contribution in [0.25, 0.3) is 0 Å². The number of anilines is 3. The number of carbonyl (C=O) groups excluding carboxylic acids is 3. The number of ether oxygens (including phenoxy) is 1. The van der Waals surface area contributed by atoms with Crippen LogP contribution in [0.5, 0.6) is 0 Å². The van der Waals surface area contributed by atoms with Gasteiger partial charge >= 0.3 is 0 Å². The van der Waals surface area contributed by atoms with Crippen LogP contribution in [0.3, 0.4) is 0 Å². The number of fused-ring (bicyclic) bond motifs is 2. The average Bonchev–Trinajstić information content (AvgIpc) is 3.40. The van der Waals surface area contributed by atoms with Crippen molar-refractivity contribution in [1.29, 1.82) is 0 Å². The Bertz CT molecular complexity index is 1440. The summed E-state index contributed by atoms with van der Waals surface area (Å²) in [5.41, 5.74) is 1.62. The molecule has 4 heterocycles. The molecule has 3 fully saturated rings. The molecule has 0 unspecified atom stereocenters. The number of hydrogen-bond acceptors (Lipinski definition) is 7. The SMILES string of the molecule is C[C@H]1[C@H]([Si](C)(C)F)[C@@H](CCO)O[C@]12C(=O)N(Cc1cccc(N3CCNCC3=O)c1)c1ccc(N3CCNCC3=O)cc12. The number of rotatable bonds is 7. The van der Waals surface area contributed by atoms with Crippen molar-refractivity contribution >= 4 is 43.2 Å². The van der Waals surface area contributed by atoms with Crippen molar-refractivity contribution in [2.45, 2.75) is 50.2 Å². The Morgan fingerprint density at radius 3 is 2.26 bits per heavy atom. The van der Waals surface area contributed by atoms with Crippen LogP contribution in [-0.4, -0.2) is 83.2 Å². The maximum Gasteiger partial charge on any atom is 0.264 e. The van der Waals surface area contributed by atoms with E-state index in [9.17, 15) is 19.5 Å². The molecule has 230 valence electrons. The summed E-state index contributed by atoms with van der Waals surface area (Å²) in [6.07, 6.45) is -0.383. The first-order chi connectivity index (χ1) is 20.6. The highest BCUT2D eigenvalue weighted by molar-refractivity contribution is 6.72. The summed E-state index contributed by atoms with van der Waals surface area (Å²) in [7, 11) is -3.34. The molecule has 2 aromatic rings. The van der Waals surface area contributed by atoms with Crippen molar-refractivity contribution in [2.24, 2.45) is 5.92 Å². The van der Waals surface area contributed by atoms with E-state index in [0.717, 1.165) is 11.3 Å². The number of aliphatic hydroxyl groups is 1. The van der Waals surface area contributed by atoms with Crippen LogP contribution in [0.2, 0.25) is 18.6 Å². The lowest BCUT2D eigenvalue weighted by Crippen LogP contribution is -2.48. The van der Waals surface area contributed by atoms with E-state index < -0.39 is 31.6 Å². The number of amides is 3. The first-order valence-electron chi connectivity index (χ1n) is 15.1. The topological polar surface area (TPSA) is 114 Å². The summed E-state index contributed by atoms with van der Waals surface area (Å²) in [5, 5.41) is 16.0. The Morgan fingerprint density at radius 1 is 1.00 bits per heavy atom. The molecule has 3 N–H and O–H groups in total. The standard InChI is InChI=1S/C31H40FN5O5Si/c1-20-29(43(2,3)32)26(9-14-38)42-31(20)24-16-23(36-13-11-34-18-28(36)40)7-8-25(24)37(30(31)41)19-21-5-4-6-22(15-21)35-12-10-33-17-27(35)39/h4-8,15-16,20,26,29,33-34,38H,9-14,17-19H2,1-3H3/t20-,26+,29-,31+/m0/s1. The highest BCUT2D eigenvalue weighted by atomic mass is 28.4. The molecular weight excluding hydrogens is 569 g/mol.